The second-order valence-electron chi connectivity index (χ2n) is 4.39. The van der Waals surface area contributed by atoms with Gasteiger partial charge in [-0.1, -0.05) is 20.3 Å². The van der Waals surface area contributed by atoms with Gasteiger partial charge < -0.3 is 9.84 Å². The van der Waals surface area contributed by atoms with Crippen molar-refractivity contribution in [1.29, 1.82) is 0 Å². The van der Waals surface area contributed by atoms with Crippen LogP contribution < -0.4 is 0 Å². The van der Waals surface area contributed by atoms with Crippen LogP contribution in [-0.2, 0) is 4.74 Å². The molecule has 0 radical (unpaired) electrons. The largest absolute Gasteiger partial charge is 0.390 e. The first kappa shape index (κ1) is 11.0. The lowest BCUT2D eigenvalue weighted by atomic mass is 9.86. The fraction of sp³-hybridized carbons (Fsp3) is 1.00. The maximum Gasteiger partial charge on any atom is 0.0691 e. The zero-order valence-corrected chi connectivity index (χ0v) is 8.88. The lowest BCUT2D eigenvalue weighted by molar-refractivity contribution is -0.0705. The fourth-order valence-corrected chi connectivity index (χ4v) is 1.72. The number of rotatable bonds is 4. The second-order valence-corrected chi connectivity index (χ2v) is 4.39. The Morgan fingerprint density at radius 3 is 2.54 bits per heavy atom. The van der Waals surface area contributed by atoms with E-state index in [1.54, 1.807) is 0 Å². The van der Waals surface area contributed by atoms with Gasteiger partial charge in [0.2, 0.25) is 0 Å². The number of ether oxygens (including phenoxy) is 1. The van der Waals surface area contributed by atoms with E-state index < -0.39 is 5.60 Å². The standard InChI is InChI=1S/C11H22O2/c1-3-10(2)4-5-11(12)6-8-13-9-7-11/h10,12H,3-9H2,1-2H3/t10-/m0/s1. The van der Waals surface area contributed by atoms with Crippen molar-refractivity contribution >= 4 is 0 Å². The van der Waals surface area contributed by atoms with Gasteiger partial charge in [-0.3, -0.25) is 0 Å². The average Bonchev–Trinajstić information content (AvgIpc) is 2.15. The summed E-state index contributed by atoms with van der Waals surface area (Å²) in [4.78, 5) is 0. The van der Waals surface area contributed by atoms with Crippen molar-refractivity contribution in [2.45, 2.75) is 51.6 Å². The lowest BCUT2D eigenvalue weighted by Crippen LogP contribution is -2.36. The molecule has 13 heavy (non-hydrogen) atoms. The molecular formula is C11H22O2. The van der Waals surface area contributed by atoms with Crippen molar-refractivity contribution in [3.63, 3.8) is 0 Å². The van der Waals surface area contributed by atoms with Crippen molar-refractivity contribution in [3.8, 4) is 0 Å². The molecule has 0 aromatic rings. The van der Waals surface area contributed by atoms with Gasteiger partial charge in [-0.15, -0.1) is 0 Å². The smallest absolute Gasteiger partial charge is 0.0691 e. The first-order valence-electron chi connectivity index (χ1n) is 5.46. The molecule has 0 amide bonds. The van der Waals surface area contributed by atoms with Gasteiger partial charge in [0.25, 0.3) is 0 Å². The Hall–Kier alpha value is -0.0800. The van der Waals surface area contributed by atoms with Gasteiger partial charge >= 0.3 is 0 Å². The Bertz CT molecular complexity index is 139. The molecule has 0 aromatic heterocycles. The van der Waals surface area contributed by atoms with Crippen LogP contribution in [0.15, 0.2) is 0 Å². The fourth-order valence-electron chi connectivity index (χ4n) is 1.72. The molecule has 78 valence electrons. The van der Waals surface area contributed by atoms with Crippen molar-refractivity contribution < 1.29 is 9.84 Å². The van der Waals surface area contributed by atoms with E-state index in [1.807, 2.05) is 0 Å². The van der Waals surface area contributed by atoms with Gasteiger partial charge in [0.05, 0.1) is 5.60 Å². The third-order valence-corrected chi connectivity index (χ3v) is 3.22. The van der Waals surface area contributed by atoms with Crippen LogP contribution in [0.5, 0.6) is 0 Å². The summed E-state index contributed by atoms with van der Waals surface area (Å²) < 4.78 is 5.24. The molecule has 0 spiro atoms. The summed E-state index contributed by atoms with van der Waals surface area (Å²) in [5.74, 6) is 0.742. The minimum atomic E-state index is -0.415. The number of hydrogen-bond acceptors (Lipinski definition) is 2. The zero-order chi connectivity index (χ0) is 9.73. The van der Waals surface area contributed by atoms with Crippen molar-refractivity contribution in [2.75, 3.05) is 13.2 Å². The average molecular weight is 186 g/mol. The molecule has 0 bridgehead atoms. The van der Waals surface area contributed by atoms with Crippen LogP contribution in [0.4, 0.5) is 0 Å². The minimum Gasteiger partial charge on any atom is -0.390 e. The highest BCUT2D eigenvalue weighted by Crippen LogP contribution is 2.27. The van der Waals surface area contributed by atoms with E-state index in [0.717, 1.165) is 44.8 Å². The monoisotopic (exact) mass is 186 g/mol. The Morgan fingerprint density at radius 1 is 1.38 bits per heavy atom. The van der Waals surface area contributed by atoms with E-state index in [0.29, 0.717) is 0 Å². The van der Waals surface area contributed by atoms with Crippen molar-refractivity contribution in [2.24, 2.45) is 5.92 Å². The number of aliphatic hydroxyl groups is 1. The minimum absolute atomic E-state index is 0.415. The lowest BCUT2D eigenvalue weighted by Gasteiger charge is -2.32. The molecule has 1 atom stereocenters. The Labute approximate surface area is 81.3 Å². The van der Waals surface area contributed by atoms with Crippen LogP contribution in [0.3, 0.4) is 0 Å². The summed E-state index contributed by atoms with van der Waals surface area (Å²) in [6.07, 6.45) is 4.96. The Balaban J connectivity index is 2.24. The second kappa shape index (κ2) is 4.97. The zero-order valence-electron chi connectivity index (χ0n) is 8.88. The molecule has 1 N–H and O–H groups in total. The van der Waals surface area contributed by atoms with Crippen LogP contribution in [0, 0.1) is 5.92 Å². The van der Waals surface area contributed by atoms with Gasteiger partial charge in [0, 0.05) is 13.2 Å². The van der Waals surface area contributed by atoms with E-state index in [-0.39, 0.29) is 0 Å². The third-order valence-electron chi connectivity index (χ3n) is 3.22. The summed E-state index contributed by atoms with van der Waals surface area (Å²) in [5.41, 5.74) is -0.415. The molecule has 2 heteroatoms. The van der Waals surface area contributed by atoms with Gasteiger partial charge in [-0.2, -0.15) is 0 Å². The van der Waals surface area contributed by atoms with Gasteiger partial charge in [-0.05, 0) is 31.6 Å². The first-order chi connectivity index (χ1) is 6.16. The van der Waals surface area contributed by atoms with Crippen LogP contribution >= 0.6 is 0 Å². The van der Waals surface area contributed by atoms with Gasteiger partial charge in [-0.25, -0.2) is 0 Å². The van der Waals surface area contributed by atoms with Crippen molar-refractivity contribution in [3.05, 3.63) is 0 Å². The van der Waals surface area contributed by atoms with Gasteiger partial charge in [0.1, 0.15) is 0 Å². The summed E-state index contributed by atoms with van der Waals surface area (Å²) in [6.45, 7) is 5.93. The SMILES string of the molecule is CC[C@H](C)CCC1(O)CCOCC1. The maximum atomic E-state index is 10.1. The van der Waals surface area contributed by atoms with E-state index in [2.05, 4.69) is 13.8 Å². The molecule has 0 saturated carbocycles. The van der Waals surface area contributed by atoms with Crippen LogP contribution in [-0.4, -0.2) is 23.9 Å². The molecule has 1 aliphatic heterocycles. The molecular weight excluding hydrogens is 164 g/mol. The summed E-state index contributed by atoms with van der Waals surface area (Å²) in [6, 6.07) is 0. The van der Waals surface area contributed by atoms with E-state index in [4.69, 9.17) is 4.74 Å². The van der Waals surface area contributed by atoms with E-state index in [9.17, 15) is 5.11 Å². The van der Waals surface area contributed by atoms with Crippen LogP contribution in [0.1, 0.15) is 46.0 Å². The molecule has 0 aromatic carbocycles. The summed E-state index contributed by atoms with van der Waals surface area (Å²) >= 11 is 0. The Kier molecular flexibility index (Phi) is 4.20. The van der Waals surface area contributed by atoms with E-state index >= 15 is 0 Å². The molecule has 1 saturated heterocycles. The topological polar surface area (TPSA) is 29.5 Å². The normalized spacial score (nSPS) is 24.2. The molecule has 2 nitrogen and oxygen atoms in total. The molecule has 1 heterocycles. The summed E-state index contributed by atoms with van der Waals surface area (Å²) in [7, 11) is 0. The van der Waals surface area contributed by atoms with Crippen LogP contribution in [0.25, 0.3) is 0 Å². The molecule has 0 aliphatic carbocycles. The highest BCUT2D eigenvalue weighted by atomic mass is 16.5. The first-order valence-corrected chi connectivity index (χ1v) is 5.46. The van der Waals surface area contributed by atoms with E-state index in [1.165, 1.54) is 6.42 Å². The Morgan fingerprint density at radius 2 is 2.00 bits per heavy atom. The predicted octanol–water partition coefficient (Wildman–Crippen LogP) is 2.35. The molecule has 0 unspecified atom stereocenters. The predicted molar refractivity (Wildman–Crippen MR) is 53.7 cm³/mol. The quantitative estimate of drug-likeness (QED) is 0.730. The molecule has 1 aliphatic rings. The number of hydrogen-bond donors (Lipinski definition) is 1. The third kappa shape index (κ3) is 3.65. The highest BCUT2D eigenvalue weighted by Gasteiger charge is 2.29. The molecule has 1 rings (SSSR count). The highest BCUT2D eigenvalue weighted by molar-refractivity contribution is 4.81. The maximum absolute atomic E-state index is 10.1. The summed E-state index contributed by atoms with van der Waals surface area (Å²) in [5, 5.41) is 10.1. The van der Waals surface area contributed by atoms with Crippen molar-refractivity contribution in [1.82, 2.24) is 0 Å². The molecule has 1 fully saturated rings. The van der Waals surface area contributed by atoms with Gasteiger partial charge in [0.15, 0.2) is 0 Å². The van der Waals surface area contributed by atoms with Crippen LogP contribution in [0.2, 0.25) is 0 Å².